The third kappa shape index (κ3) is 3.83. The molecule has 5 heteroatoms. The first-order valence-corrected chi connectivity index (χ1v) is 6.50. The summed E-state index contributed by atoms with van der Waals surface area (Å²) >= 11 is 11.4. The molecule has 2 nitrogen and oxygen atoms in total. The summed E-state index contributed by atoms with van der Waals surface area (Å²) in [6, 6.07) is 10.8. The Hall–Kier alpha value is -1.84. The molecule has 0 fully saturated rings. The van der Waals surface area contributed by atoms with Crippen LogP contribution < -0.4 is 5.32 Å². The molecule has 2 aromatic rings. The molecule has 0 aliphatic rings. The fourth-order valence-electron chi connectivity index (χ4n) is 1.51. The van der Waals surface area contributed by atoms with Crippen molar-refractivity contribution in [2.75, 3.05) is 5.32 Å². The van der Waals surface area contributed by atoms with Crippen LogP contribution in [0.3, 0.4) is 0 Å². The fraction of sp³-hybridized carbons (Fsp3) is 0. The summed E-state index contributed by atoms with van der Waals surface area (Å²) in [4.78, 5) is 11.8. The number of benzene rings is 2. The predicted molar refractivity (Wildman–Crippen MR) is 80.0 cm³/mol. The number of carbonyl (C=O) groups excluding carboxylic acids is 1. The van der Waals surface area contributed by atoms with E-state index >= 15 is 0 Å². The monoisotopic (exact) mass is 309 g/mol. The van der Waals surface area contributed by atoms with Crippen LogP contribution in [0.25, 0.3) is 0 Å². The standard InChI is InChI=1S/C15H10Cl2FNO/c16-11-3-1-10(2-4-11)15(20)7-8-19-12-5-6-14(18)13(17)9-12/h1-9,19H/b8-7+. The first-order valence-electron chi connectivity index (χ1n) is 5.74. The molecule has 2 rings (SSSR count). The van der Waals surface area contributed by atoms with Gasteiger partial charge in [-0.25, -0.2) is 4.39 Å². The molecule has 0 atom stereocenters. The van der Waals surface area contributed by atoms with E-state index in [4.69, 9.17) is 23.2 Å². The summed E-state index contributed by atoms with van der Waals surface area (Å²) < 4.78 is 13.0. The number of allylic oxidation sites excluding steroid dienone is 1. The number of nitrogens with one attached hydrogen (secondary N) is 1. The normalized spacial score (nSPS) is 10.8. The van der Waals surface area contributed by atoms with Gasteiger partial charge < -0.3 is 5.32 Å². The molecule has 0 aliphatic heterocycles. The van der Waals surface area contributed by atoms with E-state index < -0.39 is 5.82 Å². The maximum atomic E-state index is 13.0. The molecule has 0 radical (unpaired) electrons. The minimum Gasteiger partial charge on any atom is -0.361 e. The highest BCUT2D eigenvalue weighted by Crippen LogP contribution is 2.19. The SMILES string of the molecule is O=C(/C=C/Nc1ccc(F)c(Cl)c1)c1ccc(Cl)cc1. The molecule has 0 spiro atoms. The number of anilines is 1. The number of halogens is 3. The van der Waals surface area contributed by atoms with E-state index in [0.29, 0.717) is 16.3 Å². The molecule has 0 amide bonds. The van der Waals surface area contributed by atoms with Crippen molar-refractivity contribution in [2.24, 2.45) is 0 Å². The van der Waals surface area contributed by atoms with Crippen LogP contribution in [0, 0.1) is 5.82 Å². The smallest absolute Gasteiger partial charge is 0.187 e. The molecule has 0 aromatic heterocycles. The van der Waals surface area contributed by atoms with Gasteiger partial charge in [0.1, 0.15) is 5.82 Å². The number of hydrogen-bond donors (Lipinski definition) is 1. The number of rotatable bonds is 4. The van der Waals surface area contributed by atoms with Gasteiger partial charge in [-0.3, -0.25) is 4.79 Å². The Balaban J connectivity index is 2.00. The van der Waals surface area contributed by atoms with Crippen LogP contribution in [0.4, 0.5) is 10.1 Å². The summed E-state index contributed by atoms with van der Waals surface area (Å²) in [7, 11) is 0. The van der Waals surface area contributed by atoms with Crippen molar-refractivity contribution in [1.29, 1.82) is 0 Å². The topological polar surface area (TPSA) is 29.1 Å². The van der Waals surface area contributed by atoms with E-state index in [2.05, 4.69) is 5.32 Å². The second kappa shape index (κ2) is 6.55. The van der Waals surface area contributed by atoms with E-state index in [-0.39, 0.29) is 10.8 Å². The lowest BCUT2D eigenvalue weighted by Crippen LogP contribution is -1.96. The third-order valence-corrected chi connectivity index (χ3v) is 3.07. The van der Waals surface area contributed by atoms with E-state index in [0.717, 1.165) is 0 Å². The minimum atomic E-state index is -0.488. The molecule has 0 heterocycles. The van der Waals surface area contributed by atoms with Gasteiger partial charge in [-0.1, -0.05) is 23.2 Å². The lowest BCUT2D eigenvalue weighted by atomic mass is 10.1. The minimum absolute atomic E-state index is 0.0208. The van der Waals surface area contributed by atoms with Gasteiger partial charge >= 0.3 is 0 Å². The van der Waals surface area contributed by atoms with Gasteiger partial charge in [0.05, 0.1) is 5.02 Å². The fourth-order valence-corrected chi connectivity index (χ4v) is 1.82. The Morgan fingerprint density at radius 3 is 2.45 bits per heavy atom. The summed E-state index contributed by atoms with van der Waals surface area (Å²) in [6.07, 6.45) is 2.85. The predicted octanol–water partition coefficient (Wildman–Crippen LogP) is 4.94. The molecule has 2 aromatic carbocycles. The van der Waals surface area contributed by atoms with Crippen LogP contribution in [-0.2, 0) is 0 Å². The maximum absolute atomic E-state index is 13.0. The lowest BCUT2D eigenvalue weighted by Gasteiger charge is -2.01. The van der Waals surface area contributed by atoms with Crippen molar-refractivity contribution in [2.45, 2.75) is 0 Å². The third-order valence-electron chi connectivity index (χ3n) is 2.53. The summed E-state index contributed by atoms with van der Waals surface area (Å²) in [5.41, 5.74) is 1.13. The van der Waals surface area contributed by atoms with Crippen LogP contribution in [0.15, 0.2) is 54.7 Å². The molecular formula is C15H10Cl2FNO. The highest BCUT2D eigenvalue weighted by Gasteiger charge is 2.01. The molecule has 0 bridgehead atoms. The van der Waals surface area contributed by atoms with Crippen LogP contribution >= 0.6 is 23.2 Å². The van der Waals surface area contributed by atoms with Gasteiger partial charge in [0.2, 0.25) is 0 Å². The Bertz CT molecular complexity index is 653. The summed E-state index contributed by atoms with van der Waals surface area (Å²) in [6.45, 7) is 0. The highest BCUT2D eigenvalue weighted by atomic mass is 35.5. The molecule has 102 valence electrons. The first-order chi connectivity index (χ1) is 9.56. The van der Waals surface area contributed by atoms with E-state index in [1.54, 1.807) is 24.3 Å². The van der Waals surface area contributed by atoms with Crippen molar-refractivity contribution >= 4 is 34.7 Å². The average Bonchev–Trinajstić information content (AvgIpc) is 2.43. The average molecular weight is 310 g/mol. The van der Waals surface area contributed by atoms with Crippen LogP contribution in [0.5, 0.6) is 0 Å². The summed E-state index contributed by atoms with van der Waals surface area (Å²) in [5.74, 6) is -0.652. The van der Waals surface area contributed by atoms with Crippen LogP contribution in [-0.4, -0.2) is 5.78 Å². The van der Waals surface area contributed by atoms with Gasteiger partial charge in [0.25, 0.3) is 0 Å². The Labute approximate surface area is 125 Å². The maximum Gasteiger partial charge on any atom is 0.187 e. The first kappa shape index (κ1) is 14.6. The van der Waals surface area contributed by atoms with E-state index in [1.165, 1.54) is 30.5 Å². The largest absolute Gasteiger partial charge is 0.361 e. The number of hydrogen-bond acceptors (Lipinski definition) is 2. The summed E-state index contributed by atoms with van der Waals surface area (Å²) in [5, 5.41) is 3.44. The van der Waals surface area contributed by atoms with Crippen molar-refractivity contribution in [3.63, 3.8) is 0 Å². The highest BCUT2D eigenvalue weighted by molar-refractivity contribution is 6.31. The Morgan fingerprint density at radius 2 is 1.80 bits per heavy atom. The van der Waals surface area contributed by atoms with Crippen molar-refractivity contribution in [3.8, 4) is 0 Å². The lowest BCUT2D eigenvalue weighted by molar-refractivity contribution is 0.104. The zero-order valence-corrected chi connectivity index (χ0v) is 11.8. The van der Waals surface area contributed by atoms with Gasteiger partial charge in [-0.15, -0.1) is 0 Å². The number of ketones is 1. The molecular weight excluding hydrogens is 300 g/mol. The quantitative estimate of drug-likeness (QED) is 0.640. The second-order valence-electron chi connectivity index (χ2n) is 3.98. The Kier molecular flexibility index (Phi) is 4.77. The molecule has 0 saturated heterocycles. The zero-order valence-electron chi connectivity index (χ0n) is 10.2. The van der Waals surface area contributed by atoms with Crippen LogP contribution in [0.1, 0.15) is 10.4 Å². The number of carbonyl (C=O) groups is 1. The Morgan fingerprint density at radius 1 is 1.10 bits per heavy atom. The van der Waals surface area contributed by atoms with Crippen molar-refractivity contribution in [1.82, 2.24) is 0 Å². The molecule has 20 heavy (non-hydrogen) atoms. The van der Waals surface area contributed by atoms with Gasteiger partial charge in [0, 0.05) is 28.5 Å². The van der Waals surface area contributed by atoms with Gasteiger partial charge in [-0.2, -0.15) is 0 Å². The van der Waals surface area contributed by atoms with Gasteiger partial charge in [0.15, 0.2) is 5.78 Å². The van der Waals surface area contributed by atoms with Gasteiger partial charge in [-0.05, 0) is 42.5 Å². The second-order valence-corrected chi connectivity index (χ2v) is 4.82. The molecule has 1 N–H and O–H groups in total. The molecule has 0 saturated carbocycles. The molecule has 0 unspecified atom stereocenters. The zero-order chi connectivity index (χ0) is 14.5. The van der Waals surface area contributed by atoms with Crippen molar-refractivity contribution in [3.05, 3.63) is 76.2 Å². The van der Waals surface area contributed by atoms with Crippen molar-refractivity contribution < 1.29 is 9.18 Å². The van der Waals surface area contributed by atoms with E-state index in [9.17, 15) is 9.18 Å². The van der Waals surface area contributed by atoms with Crippen LogP contribution in [0.2, 0.25) is 10.0 Å². The van der Waals surface area contributed by atoms with E-state index in [1.807, 2.05) is 0 Å². The molecule has 0 aliphatic carbocycles.